The number of hydrogen-bond donors (Lipinski definition) is 1. The molecular formula is C21H23N7O. The Bertz CT molecular complexity index is 1160. The fourth-order valence-electron chi connectivity index (χ4n) is 3.38. The van der Waals surface area contributed by atoms with Crippen molar-refractivity contribution in [2.75, 3.05) is 5.32 Å². The highest BCUT2D eigenvalue weighted by Gasteiger charge is 2.15. The number of nitrogens with one attached hydrogen (secondary N) is 1. The first-order valence-electron chi connectivity index (χ1n) is 9.66. The Morgan fingerprint density at radius 3 is 2.62 bits per heavy atom. The minimum atomic E-state index is -0.00941. The van der Waals surface area contributed by atoms with E-state index in [1.54, 1.807) is 15.5 Å². The molecule has 1 aromatic carbocycles. The predicted molar refractivity (Wildman–Crippen MR) is 110 cm³/mol. The molecule has 0 radical (unpaired) electrons. The zero-order chi connectivity index (χ0) is 20.4. The van der Waals surface area contributed by atoms with E-state index in [1.807, 2.05) is 50.2 Å². The van der Waals surface area contributed by atoms with E-state index in [2.05, 4.69) is 32.6 Å². The van der Waals surface area contributed by atoms with E-state index in [4.69, 9.17) is 0 Å². The number of hydrogen-bond acceptors (Lipinski definition) is 5. The number of aromatic nitrogens is 6. The number of fused-ring (bicyclic) bond motifs is 1. The standard InChI is InChI=1S/C21H23N7O/c1-4-16-5-7-17(8-6-16)23-21(29)12-9-18-14(2)25-28(15(18)3)20-11-10-19-24-22-13-27(19)26-20/h5-8,10-11,13H,4,9,12H2,1-3H3,(H,23,29). The molecule has 0 bridgehead atoms. The van der Waals surface area contributed by atoms with Crippen LogP contribution in [0.4, 0.5) is 5.69 Å². The lowest BCUT2D eigenvalue weighted by Gasteiger charge is -2.07. The summed E-state index contributed by atoms with van der Waals surface area (Å²) < 4.78 is 3.41. The first-order valence-corrected chi connectivity index (χ1v) is 9.66. The molecule has 0 fully saturated rings. The molecule has 0 aliphatic carbocycles. The average Bonchev–Trinajstić information content (AvgIpc) is 3.30. The van der Waals surface area contributed by atoms with E-state index in [1.165, 1.54) is 5.56 Å². The minimum absolute atomic E-state index is 0.00941. The molecule has 0 saturated carbocycles. The van der Waals surface area contributed by atoms with Crippen LogP contribution in [0.25, 0.3) is 11.5 Å². The largest absolute Gasteiger partial charge is 0.326 e. The van der Waals surface area contributed by atoms with Crippen LogP contribution in [0.15, 0.2) is 42.7 Å². The third-order valence-corrected chi connectivity index (χ3v) is 5.05. The molecule has 0 aliphatic rings. The van der Waals surface area contributed by atoms with Crippen molar-refractivity contribution >= 4 is 17.2 Å². The van der Waals surface area contributed by atoms with Gasteiger partial charge in [0.1, 0.15) is 6.33 Å². The topological polar surface area (TPSA) is 90.0 Å². The van der Waals surface area contributed by atoms with Crippen LogP contribution < -0.4 is 5.32 Å². The van der Waals surface area contributed by atoms with Crippen molar-refractivity contribution in [2.24, 2.45) is 0 Å². The molecule has 148 valence electrons. The summed E-state index contributed by atoms with van der Waals surface area (Å²) in [5.74, 6) is 0.675. The lowest BCUT2D eigenvalue weighted by Crippen LogP contribution is -2.12. The molecule has 1 N–H and O–H groups in total. The van der Waals surface area contributed by atoms with E-state index in [0.717, 1.165) is 29.1 Å². The van der Waals surface area contributed by atoms with E-state index in [9.17, 15) is 4.79 Å². The molecule has 0 aliphatic heterocycles. The van der Waals surface area contributed by atoms with Crippen LogP contribution in [0.5, 0.6) is 0 Å². The normalized spacial score (nSPS) is 11.1. The molecule has 8 nitrogen and oxygen atoms in total. The molecule has 29 heavy (non-hydrogen) atoms. The highest BCUT2D eigenvalue weighted by molar-refractivity contribution is 5.90. The highest BCUT2D eigenvalue weighted by Crippen LogP contribution is 2.19. The van der Waals surface area contributed by atoms with E-state index in [0.29, 0.717) is 24.3 Å². The molecular weight excluding hydrogens is 366 g/mol. The van der Waals surface area contributed by atoms with Gasteiger partial charge in [-0.3, -0.25) is 4.79 Å². The van der Waals surface area contributed by atoms with Crippen molar-refractivity contribution in [1.29, 1.82) is 0 Å². The number of aryl methyl sites for hydroxylation is 2. The summed E-state index contributed by atoms with van der Waals surface area (Å²) in [6.07, 6.45) is 3.55. The second-order valence-corrected chi connectivity index (χ2v) is 6.99. The third-order valence-electron chi connectivity index (χ3n) is 5.05. The third kappa shape index (κ3) is 3.87. The second kappa shape index (κ2) is 7.83. The maximum absolute atomic E-state index is 12.4. The summed E-state index contributed by atoms with van der Waals surface area (Å²) in [4.78, 5) is 12.4. The quantitative estimate of drug-likeness (QED) is 0.547. The summed E-state index contributed by atoms with van der Waals surface area (Å²) in [5, 5.41) is 19.9. The number of anilines is 1. The maximum atomic E-state index is 12.4. The smallest absolute Gasteiger partial charge is 0.224 e. The fraction of sp³-hybridized carbons (Fsp3) is 0.286. The molecule has 8 heteroatoms. The molecule has 3 heterocycles. The Morgan fingerprint density at radius 1 is 1.07 bits per heavy atom. The number of carbonyl (C=O) groups excluding carboxylic acids is 1. The molecule has 1 amide bonds. The van der Waals surface area contributed by atoms with Crippen LogP contribution in [-0.2, 0) is 17.6 Å². The Kier molecular flexibility index (Phi) is 5.07. The average molecular weight is 389 g/mol. The van der Waals surface area contributed by atoms with Crippen molar-refractivity contribution in [3.63, 3.8) is 0 Å². The molecule has 4 aromatic rings. The van der Waals surface area contributed by atoms with Gasteiger partial charge in [-0.25, -0.2) is 4.68 Å². The van der Waals surface area contributed by atoms with Crippen LogP contribution in [0.3, 0.4) is 0 Å². The van der Waals surface area contributed by atoms with Crippen molar-refractivity contribution in [1.82, 2.24) is 29.6 Å². The van der Waals surface area contributed by atoms with Gasteiger partial charge in [0.15, 0.2) is 11.5 Å². The van der Waals surface area contributed by atoms with Crippen molar-refractivity contribution in [3.05, 3.63) is 65.2 Å². The van der Waals surface area contributed by atoms with Gasteiger partial charge in [0.05, 0.1) is 5.69 Å². The number of nitrogens with zero attached hydrogens (tertiary/aromatic N) is 6. The van der Waals surface area contributed by atoms with Crippen molar-refractivity contribution in [2.45, 2.75) is 40.0 Å². The number of rotatable bonds is 6. The van der Waals surface area contributed by atoms with Gasteiger partial charge in [-0.1, -0.05) is 19.1 Å². The second-order valence-electron chi connectivity index (χ2n) is 6.99. The minimum Gasteiger partial charge on any atom is -0.326 e. The van der Waals surface area contributed by atoms with Crippen LogP contribution in [-0.4, -0.2) is 35.5 Å². The van der Waals surface area contributed by atoms with Gasteiger partial charge in [-0.05, 0) is 62.1 Å². The van der Waals surface area contributed by atoms with Gasteiger partial charge in [-0.2, -0.15) is 9.61 Å². The highest BCUT2D eigenvalue weighted by atomic mass is 16.1. The van der Waals surface area contributed by atoms with E-state index in [-0.39, 0.29) is 5.91 Å². The van der Waals surface area contributed by atoms with Gasteiger partial charge >= 0.3 is 0 Å². The molecule has 0 unspecified atom stereocenters. The van der Waals surface area contributed by atoms with Crippen LogP contribution in [0.2, 0.25) is 0 Å². The Morgan fingerprint density at radius 2 is 1.86 bits per heavy atom. The van der Waals surface area contributed by atoms with Crippen LogP contribution in [0, 0.1) is 13.8 Å². The summed E-state index contributed by atoms with van der Waals surface area (Å²) >= 11 is 0. The molecule has 0 atom stereocenters. The van der Waals surface area contributed by atoms with Gasteiger partial charge in [0.2, 0.25) is 5.91 Å². The Hall–Kier alpha value is -3.55. The fourth-order valence-corrected chi connectivity index (χ4v) is 3.38. The lowest BCUT2D eigenvalue weighted by molar-refractivity contribution is -0.116. The molecule has 0 spiro atoms. The van der Waals surface area contributed by atoms with Gasteiger partial charge in [0, 0.05) is 17.8 Å². The monoisotopic (exact) mass is 389 g/mol. The van der Waals surface area contributed by atoms with Crippen molar-refractivity contribution in [3.8, 4) is 5.82 Å². The van der Waals surface area contributed by atoms with Crippen LogP contribution >= 0.6 is 0 Å². The SMILES string of the molecule is CCc1ccc(NC(=O)CCc2c(C)nn(-c3ccc4nncn4n3)c2C)cc1. The number of benzene rings is 1. The lowest BCUT2D eigenvalue weighted by atomic mass is 10.1. The van der Waals surface area contributed by atoms with Gasteiger partial charge in [0.25, 0.3) is 0 Å². The van der Waals surface area contributed by atoms with Gasteiger partial charge < -0.3 is 5.32 Å². The molecule has 3 aromatic heterocycles. The van der Waals surface area contributed by atoms with E-state index >= 15 is 0 Å². The van der Waals surface area contributed by atoms with Gasteiger partial charge in [-0.15, -0.1) is 15.3 Å². The van der Waals surface area contributed by atoms with Crippen molar-refractivity contribution < 1.29 is 4.79 Å². The summed E-state index contributed by atoms with van der Waals surface area (Å²) in [6.45, 7) is 6.06. The first kappa shape index (κ1) is 18.8. The summed E-state index contributed by atoms with van der Waals surface area (Å²) in [6, 6.07) is 11.7. The predicted octanol–water partition coefficient (Wildman–Crippen LogP) is 3.06. The molecule has 4 rings (SSSR count). The first-order chi connectivity index (χ1) is 14.0. The zero-order valence-corrected chi connectivity index (χ0v) is 16.8. The Balaban J connectivity index is 1.46. The van der Waals surface area contributed by atoms with Crippen LogP contribution in [0.1, 0.15) is 35.9 Å². The number of amides is 1. The Labute approximate surface area is 168 Å². The van der Waals surface area contributed by atoms with E-state index < -0.39 is 0 Å². The zero-order valence-electron chi connectivity index (χ0n) is 16.8. The summed E-state index contributed by atoms with van der Waals surface area (Å²) in [7, 11) is 0. The number of carbonyl (C=O) groups is 1. The summed E-state index contributed by atoms with van der Waals surface area (Å²) in [5.41, 5.74) is 5.68. The molecule has 0 saturated heterocycles. The maximum Gasteiger partial charge on any atom is 0.224 e.